The Morgan fingerprint density at radius 3 is 2.29 bits per heavy atom. The lowest BCUT2D eigenvalue weighted by Crippen LogP contribution is -2.14. The molecule has 4 rings (SSSR count). The van der Waals surface area contributed by atoms with Gasteiger partial charge in [-0.25, -0.2) is 4.98 Å². The number of anilines is 2. The van der Waals surface area contributed by atoms with Crippen molar-refractivity contribution < 1.29 is 18.7 Å². The second-order valence-electron chi connectivity index (χ2n) is 6.45. The SMILES string of the molecule is CCOc1ccc(NC(=O)c2ccc(NC(=O)c3ncoc3-c3cccs3)cc2)cc1. The molecule has 31 heavy (non-hydrogen) atoms. The molecule has 2 N–H and O–H groups in total. The van der Waals surface area contributed by atoms with Gasteiger partial charge in [0.2, 0.25) is 0 Å². The van der Waals surface area contributed by atoms with E-state index in [0.717, 1.165) is 10.6 Å². The quantitative estimate of drug-likeness (QED) is 0.412. The van der Waals surface area contributed by atoms with Gasteiger partial charge in [-0.05, 0) is 66.9 Å². The number of aromatic nitrogens is 1. The third-order valence-electron chi connectivity index (χ3n) is 4.36. The maximum atomic E-state index is 12.6. The van der Waals surface area contributed by atoms with Gasteiger partial charge in [0.05, 0.1) is 11.5 Å². The van der Waals surface area contributed by atoms with Crippen LogP contribution in [-0.4, -0.2) is 23.4 Å². The van der Waals surface area contributed by atoms with E-state index in [1.54, 1.807) is 48.5 Å². The monoisotopic (exact) mass is 433 g/mol. The molecule has 0 aliphatic rings. The van der Waals surface area contributed by atoms with Gasteiger partial charge in [-0.2, -0.15) is 0 Å². The van der Waals surface area contributed by atoms with Crippen molar-refractivity contribution in [1.82, 2.24) is 4.98 Å². The maximum absolute atomic E-state index is 12.6. The first-order valence-corrected chi connectivity index (χ1v) is 10.4. The molecule has 0 aliphatic carbocycles. The van der Waals surface area contributed by atoms with Crippen LogP contribution in [0, 0.1) is 0 Å². The summed E-state index contributed by atoms with van der Waals surface area (Å²) in [5, 5.41) is 7.51. The number of ether oxygens (including phenoxy) is 1. The van der Waals surface area contributed by atoms with Crippen LogP contribution in [0.25, 0.3) is 10.6 Å². The summed E-state index contributed by atoms with van der Waals surface area (Å²) in [5.74, 6) is 0.538. The minimum atomic E-state index is -0.385. The van der Waals surface area contributed by atoms with E-state index in [1.807, 2.05) is 24.4 Å². The highest BCUT2D eigenvalue weighted by molar-refractivity contribution is 7.13. The van der Waals surface area contributed by atoms with Gasteiger partial charge in [0.1, 0.15) is 5.75 Å². The fraction of sp³-hybridized carbons (Fsp3) is 0.0870. The molecule has 0 aliphatic heterocycles. The van der Waals surface area contributed by atoms with Crippen LogP contribution in [0.5, 0.6) is 5.75 Å². The number of rotatable bonds is 7. The molecule has 0 radical (unpaired) electrons. The number of nitrogens with zero attached hydrogens (tertiary/aromatic N) is 1. The first-order chi connectivity index (χ1) is 15.1. The lowest BCUT2D eigenvalue weighted by atomic mass is 10.2. The molecule has 0 saturated heterocycles. The van der Waals surface area contributed by atoms with Gasteiger partial charge >= 0.3 is 0 Å². The summed E-state index contributed by atoms with van der Waals surface area (Å²) < 4.78 is 10.8. The van der Waals surface area contributed by atoms with Crippen LogP contribution in [0.15, 0.2) is 76.9 Å². The second kappa shape index (κ2) is 9.27. The number of thiophene rings is 1. The number of hydrogen-bond acceptors (Lipinski definition) is 6. The minimum Gasteiger partial charge on any atom is -0.494 e. The first-order valence-electron chi connectivity index (χ1n) is 9.57. The number of carbonyl (C=O) groups is 2. The maximum Gasteiger partial charge on any atom is 0.278 e. The summed E-state index contributed by atoms with van der Waals surface area (Å²) >= 11 is 1.46. The molecule has 0 fully saturated rings. The zero-order valence-corrected chi connectivity index (χ0v) is 17.4. The number of benzene rings is 2. The van der Waals surface area contributed by atoms with Crippen LogP contribution >= 0.6 is 11.3 Å². The molecule has 8 heteroatoms. The Kier molecular flexibility index (Phi) is 6.09. The summed E-state index contributed by atoms with van der Waals surface area (Å²) in [6, 6.07) is 17.5. The van der Waals surface area contributed by atoms with Crippen molar-refractivity contribution in [2.24, 2.45) is 0 Å². The minimum absolute atomic E-state index is 0.208. The fourth-order valence-electron chi connectivity index (χ4n) is 2.89. The molecule has 7 nitrogen and oxygen atoms in total. The standard InChI is InChI=1S/C23H19N3O4S/c1-2-29-18-11-9-17(10-12-18)25-22(27)15-5-7-16(8-6-15)26-23(28)20-21(30-14-24-20)19-4-3-13-31-19/h3-14H,2H2,1H3,(H,25,27)(H,26,28). The van der Waals surface area contributed by atoms with Crippen LogP contribution in [0.3, 0.4) is 0 Å². The van der Waals surface area contributed by atoms with Crippen molar-refractivity contribution >= 4 is 34.5 Å². The third kappa shape index (κ3) is 4.81. The summed E-state index contributed by atoms with van der Waals surface area (Å²) in [5.41, 5.74) is 1.88. The number of amides is 2. The predicted octanol–water partition coefficient (Wildman–Crippen LogP) is 5.31. The Balaban J connectivity index is 1.40. The van der Waals surface area contributed by atoms with Gasteiger partial charge in [-0.15, -0.1) is 11.3 Å². The highest BCUT2D eigenvalue weighted by Gasteiger charge is 2.19. The van der Waals surface area contributed by atoms with Crippen LogP contribution < -0.4 is 15.4 Å². The number of hydrogen-bond donors (Lipinski definition) is 2. The average Bonchev–Trinajstić information content (AvgIpc) is 3.47. The highest BCUT2D eigenvalue weighted by atomic mass is 32.1. The molecular weight excluding hydrogens is 414 g/mol. The van der Waals surface area contributed by atoms with Crippen molar-refractivity contribution in [3.63, 3.8) is 0 Å². The van der Waals surface area contributed by atoms with Crippen molar-refractivity contribution in [2.75, 3.05) is 17.2 Å². The van der Waals surface area contributed by atoms with Crippen LogP contribution in [0.4, 0.5) is 11.4 Å². The summed E-state index contributed by atoms with van der Waals surface area (Å²) in [6.45, 7) is 2.50. The largest absolute Gasteiger partial charge is 0.494 e. The lowest BCUT2D eigenvalue weighted by Gasteiger charge is -2.08. The van der Waals surface area contributed by atoms with E-state index < -0.39 is 0 Å². The van der Waals surface area contributed by atoms with Gasteiger partial charge in [0.25, 0.3) is 11.8 Å². The van der Waals surface area contributed by atoms with E-state index in [4.69, 9.17) is 9.15 Å². The van der Waals surface area contributed by atoms with Gasteiger partial charge in [-0.1, -0.05) is 6.07 Å². The Morgan fingerprint density at radius 2 is 1.65 bits per heavy atom. The van der Waals surface area contributed by atoms with Crippen LogP contribution in [0.1, 0.15) is 27.8 Å². The van der Waals surface area contributed by atoms with Crippen molar-refractivity contribution in [1.29, 1.82) is 0 Å². The molecule has 2 aromatic heterocycles. The molecule has 2 aromatic carbocycles. The van der Waals surface area contributed by atoms with Gasteiger partial charge in [0.15, 0.2) is 17.8 Å². The van der Waals surface area contributed by atoms with Crippen LogP contribution in [0.2, 0.25) is 0 Å². The lowest BCUT2D eigenvalue weighted by molar-refractivity contribution is 0.101. The average molecular weight is 433 g/mol. The Bertz CT molecular complexity index is 1170. The number of oxazole rings is 1. The van der Waals surface area contributed by atoms with E-state index in [2.05, 4.69) is 15.6 Å². The smallest absolute Gasteiger partial charge is 0.278 e. The highest BCUT2D eigenvalue weighted by Crippen LogP contribution is 2.28. The zero-order valence-electron chi connectivity index (χ0n) is 16.6. The van der Waals surface area contributed by atoms with Crippen molar-refractivity contribution in [3.05, 3.63) is 83.7 Å². The summed E-state index contributed by atoms with van der Waals surface area (Å²) in [4.78, 5) is 29.9. The Hall–Kier alpha value is -3.91. The second-order valence-corrected chi connectivity index (χ2v) is 7.40. The van der Waals surface area contributed by atoms with Gasteiger partial charge in [0, 0.05) is 16.9 Å². The van der Waals surface area contributed by atoms with Crippen molar-refractivity contribution in [2.45, 2.75) is 6.92 Å². The zero-order chi connectivity index (χ0) is 21.6. The number of nitrogens with one attached hydrogen (secondary N) is 2. The van der Waals surface area contributed by atoms with Gasteiger partial charge < -0.3 is 19.8 Å². The Morgan fingerprint density at radius 1 is 0.968 bits per heavy atom. The molecule has 156 valence electrons. The van der Waals surface area contributed by atoms with Crippen molar-refractivity contribution in [3.8, 4) is 16.4 Å². The fourth-order valence-corrected chi connectivity index (χ4v) is 3.60. The normalized spacial score (nSPS) is 10.5. The topological polar surface area (TPSA) is 93.5 Å². The third-order valence-corrected chi connectivity index (χ3v) is 5.22. The van der Waals surface area contributed by atoms with Crippen LogP contribution in [-0.2, 0) is 0 Å². The molecule has 0 spiro atoms. The van der Waals surface area contributed by atoms with Gasteiger partial charge in [-0.3, -0.25) is 9.59 Å². The molecule has 2 amide bonds. The van der Waals surface area contributed by atoms with E-state index >= 15 is 0 Å². The van der Waals surface area contributed by atoms with E-state index in [1.165, 1.54) is 17.7 Å². The van der Waals surface area contributed by atoms with E-state index in [0.29, 0.717) is 29.3 Å². The number of carbonyl (C=O) groups excluding carboxylic acids is 2. The molecular formula is C23H19N3O4S. The summed E-state index contributed by atoms with van der Waals surface area (Å²) in [7, 11) is 0. The molecule has 0 atom stereocenters. The van der Waals surface area contributed by atoms with E-state index in [9.17, 15) is 9.59 Å². The Labute approximate surface area is 182 Å². The molecule has 0 saturated carbocycles. The predicted molar refractivity (Wildman–Crippen MR) is 120 cm³/mol. The first kappa shape index (κ1) is 20.4. The molecule has 0 bridgehead atoms. The van der Waals surface area contributed by atoms with E-state index in [-0.39, 0.29) is 17.5 Å². The molecule has 2 heterocycles. The molecule has 0 unspecified atom stereocenters. The summed E-state index contributed by atoms with van der Waals surface area (Å²) in [6.07, 6.45) is 1.25. The molecule has 4 aromatic rings.